The van der Waals surface area contributed by atoms with E-state index in [1.165, 1.54) is 28.7 Å². The third-order valence-corrected chi connectivity index (χ3v) is 7.82. The number of halogens is 1. The second kappa shape index (κ2) is 9.36. The minimum absolute atomic E-state index is 0.191. The number of hydrogen-bond donors (Lipinski definition) is 2. The molecule has 1 unspecified atom stereocenters. The highest BCUT2D eigenvalue weighted by molar-refractivity contribution is 7.15. The number of Topliss-reactive ketones (excluding diaryl/α,β-unsaturated/α-hetero) is 1. The van der Waals surface area contributed by atoms with E-state index in [0.717, 1.165) is 30.8 Å². The van der Waals surface area contributed by atoms with Crippen LogP contribution >= 0.6 is 22.7 Å². The van der Waals surface area contributed by atoms with Crippen LogP contribution in [0.3, 0.4) is 0 Å². The summed E-state index contributed by atoms with van der Waals surface area (Å²) in [5.41, 5.74) is 1.54. The molecule has 176 valence electrons. The zero-order valence-electron chi connectivity index (χ0n) is 18.8. The number of benzene rings is 1. The maximum atomic E-state index is 14.6. The number of nitrogens with zero attached hydrogens (tertiary/aromatic N) is 3. The van der Waals surface area contributed by atoms with E-state index in [1.807, 2.05) is 5.38 Å². The molecule has 2 N–H and O–H groups in total. The molecule has 1 aromatic carbocycles. The van der Waals surface area contributed by atoms with E-state index in [1.54, 1.807) is 42.6 Å². The van der Waals surface area contributed by atoms with Gasteiger partial charge in [-0.05, 0) is 39.3 Å². The minimum atomic E-state index is -0.844. The summed E-state index contributed by atoms with van der Waals surface area (Å²) in [6, 6.07) is 5.28. The molecule has 1 aliphatic rings. The molecule has 7 nitrogen and oxygen atoms in total. The molecule has 1 fully saturated rings. The fraction of sp³-hybridized carbons (Fsp3) is 0.333. The molecule has 0 radical (unpaired) electrons. The van der Waals surface area contributed by atoms with Crippen molar-refractivity contribution in [2.45, 2.75) is 45.2 Å². The van der Waals surface area contributed by atoms with Gasteiger partial charge in [0.15, 0.2) is 4.96 Å². The Kier molecular flexibility index (Phi) is 6.28. The van der Waals surface area contributed by atoms with Crippen LogP contribution in [0.4, 0.5) is 4.39 Å². The average molecular weight is 498 g/mol. The molecule has 1 saturated heterocycles. The maximum absolute atomic E-state index is 14.6. The molecule has 0 spiro atoms. The van der Waals surface area contributed by atoms with Crippen molar-refractivity contribution in [1.82, 2.24) is 25.0 Å². The molecule has 2 atom stereocenters. The van der Waals surface area contributed by atoms with E-state index in [-0.39, 0.29) is 23.4 Å². The maximum Gasteiger partial charge on any atom is 0.270 e. The number of ketones is 1. The standard InChI is InChI=1S/C24H24FN5O2S2/c1-13-20(30-11-12-33-24(30)27-13)23(32)29-18(17-9-5-6-10-26-17)21(31)19-22(34-14(2)28-19)15-7-3-4-8-16(15)25/h3-4,7-8,11-12,17-18,26H,5-6,9-10H2,1-2H3,(H,29,32)/t17?,18-/m0/s1. The van der Waals surface area contributed by atoms with Crippen molar-refractivity contribution in [2.75, 3.05) is 6.54 Å². The Morgan fingerprint density at radius 2 is 2.06 bits per heavy atom. The van der Waals surface area contributed by atoms with Crippen molar-refractivity contribution in [3.8, 4) is 10.4 Å². The van der Waals surface area contributed by atoms with Crippen molar-refractivity contribution in [1.29, 1.82) is 0 Å². The highest BCUT2D eigenvalue weighted by Gasteiger charge is 2.35. The van der Waals surface area contributed by atoms with Crippen LogP contribution < -0.4 is 10.6 Å². The minimum Gasteiger partial charge on any atom is -0.339 e. The van der Waals surface area contributed by atoms with Gasteiger partial charge in [0.25, 0.3) is 5.91 Å². The van der Waals surface area contributed by atoms with E-state index in [0.29, 0.717) is 26.8 Å². The number of imidazole rings is 1. The van der Waals surface area contributed by atoms with Gasteiger partial charge in [-0.1, -0.05) is 24.6 Å². The second-order valence-corrected chi connectivity index (χ2v) is 10.4. The highest BCUT2D eigenvalue weighted by atomic mass is 32.1. The zero-order valence-corrected chi connectivity index (χ0v) is 20.4. The summed E-state index contributed by atoms with van der Waals surface area (Å²) in [6.07, 6.45) is 4.51. The first-order valence-corrected chi connectivity index (χ1v) is 12.9. The number of nitrogens with one attached hydrogen (secondary N) is 2. The normalized spacial score (nSPS) is 17.1. The number of aryl methyl sites for hydroxylation is 2. The van der Waals surface area contributed by atoms with Gasteiger partial charge in [-0.3, -0.25) is 14.0 Å². The first kappa shape index (κ1) is 22.8. The number of carbonyl (C=O) groups excluding carboxylic acids is 2. The van der Waals surface area contributed by atoms with E-state index < -0.39 is 11.9 Å². The van der Waals surface area contributed by atoms with Gasteiger partial charge in [-0.15, -0.1) is 22.7 Å². The van der Waals surface area contributed by atoms with Gasteiger partial charge in [0, 0.05) is 23.2 Å². The molecule has 3 aromatic heterocycles. The van der Waals surface area contributed by atoms with Crippen molar-refractivity contribution >= 4 is 39.3 Å². The topological polar surface area (TPSA) is 88.4 Å². The van der Waals surface area contributed by atoms with E-state index in [9.17, 15) is 14.0 Å². The number of hydrogen-bond acceptors (Lipinski definition) is 7. The van der Waals surface area contributed by atoms with E-state index in [2.05, 4.69) is 20.6 Å². The Bertz CT molecular complexity index is 1370. The van der Waals surface area contributed by atoms with Crippen LogP contribution in [0.1, 0.15) is 50.9 Å². The molecule has 5 rings (SSSR count). The molecule has 1 amide bonds. The first-order valence-electron chi connectivity index (χ1n) is 11.2. The lowest BCUT2D eigenvalue weighted by Crippen LogP contribution is -2.56. The Labute approximate surface area is 204 Å². The first-order chi connectivity index (χ1) is 16.4. The highest BCUT2D eigenvalue weighted by Crippen LogP contribution is 2.33. The predicted molar refractivity (Wildman–Crippen MR) is 131 cm³/mol. The summed E-state index contributed by atoms with van der Waals surface area (Å²) < 4.78 is 16.4. The lowest BCUT2D eigenvalue weighted by atomic mass is 9.92. The number of piperidine rings is 1. The SMILES string of the molecule is Cc1nc(C(=O)[C@@H](NC(=O)c2c(C)nc3sccn23)C2CCCCN2)c(-c2ccccc2F)s1. The Balaban J connectivity index is 1.53. The largest absolute Gasteiger partial charge is 0.339 e. The van der Waals surface area contributed by atoms with E-state index >= 15 is 0 Å². The number of aromatic nitrogens is 3. The van der Waals surface area contributed by atoms with Gasteiger partial charge in [0.2, 0.25) is 5.78 Å². The smallest absolute Gasteiger partial charge is 0.270 e. The molecule has 4 heterocycles. The summed E-state index contributed by atoms with van der Waals surface area (Å²) in [6.45, 7) is 4.34. The van der Waals surface area contributed by atoms with Crippen LogP contribution in [0, 0.1) is 19.7 Å². The van der Waals surface area contributed by atoms with Crippen molar-refractivity contribution in [2.24, 2.45) is 0 Å². The van der Waals surface area contributed by atoms with Crippen molar-refractivity contribution in [3.05, 3.63) is 63.7 Å². The van der Waals surface area contributed by atoms with Gasteiger partial charge in [0.05, 0.1) is 15.6 Å². The fourth-order valence-corrected chi connectivity index (χ4v) is 6.17. The summed E-state index contributed by atoms with van der Waals surface area (Å²) in [5, 5.41) is 8.89. The number of rotatable bonds is 6. The third-order valence-electron chi connectivity index (χ3n) is 6.06. The van der Waals surface area contributed by atoms with Gasteiger partial charge >= 0.3 is 0 Å². The average Bonchev–Trinajstić information content (AvgIpc) is 3.52. The summed E-state index contributed by atoms with van der Waals surface area (Å²) in [7, 11) is 0. The van der Waals surface area contributed by atoms with Crippen LogP contribution in [0.25, 0.3) is 15.4 Å². The van der Waals surface area contributed by atoms with Crippen LogP contribution in [-0.4, -0.2) is 44.7 Å². The van der Waals surface area contributed by atoms with Crippen LogP contribution in [-0.2, 0) is 0 Å². The zero-order chi connectivity index (χ0) is 23.8. The fourth-order valence-electron chi connectivity index (χ4n) is 4.46. The summed E-state index contributed by atoms with van der Waals surface area (Å²) in [4.78, 5) is 37.5. The second-order valence-electron chi connectivity index (χ2n) is 8.36. The molecule has 0 bridgehead atoms. The van der Waals surface area contributed by atoms with E-state index in [4.69, 9.17) is 0 Å². The lowest BCUT2D eigenvalue weighted by Gasteiger charge is -2.31. The van der Waals surface area contributed by atoms with Gasteiger partial charge in [-0.2, -0.15) is 0 Å². The van der Waals surface area contributed by atoms with Crippen LogP contribution in [0.15, 0.2) is 35.8 Å². The summed E-state index contributed by atoms with van der Waals surface area (Å²) in [5.74, 6) is -1.10. The van der Waals surface area contributed by atoms with Gasteiger partial charge in [0.1, 0.15) is 23.2 Å². The number of thiazole rings is 2. The molecular weight excluding hydrogens is 473 g/mol. The van der Waals surface area contributed by atoms with Crippen LogP contribution in [0.5, 0.6) is 0 Å². The van der Waals surface area contributed by atoms with Gasteiger partial charge in [-0.25, -0.2) is 14.4 Å². The number of fused-ring (bicyclic) bond motifs is 1. The molecule has 34 heavy (non-hydrogen) atoms. The Morgan fingerprint density at radius 3 is 2.82 bits per heavy atom. The summed E-state index contributed by atoms with van der Waals surface area (Å²) >= 11 is 2.72. The van der Waals surface area contributed by atoms with Crippen LogP contribution in [0.2, 0.25) is 0 Å². The molecule has 4 aromatic rings. The molecule has 1 aliphatic heterocycles. The number of carbonyl (C=O) groups is 2. The van der Waals surface area contributed by atoms with Crippen molar-refractivity contribution < 1.29 is 14.0 Å². The monoisotopic (exact) mass is 497 g/mol. The predicted octanol–water partition coefficient (Wildman–Crippen LogP) is 4.40. The quantitative estimate of drug-likeness (QED) is 0.386. The van der Waals surface area contributed by atoms with Crippen molar-refractivity contribution in [3.63, 3.8) is 0 Å². The molecular formula is C24H24FN5O2S2. The lowest BCUT2D eigenvalue weighted by molar-refractivity contribution is 0.0819. The number of amides is 1. The Morgan fingerprint density at radius 1 is 1.24 bits per heavy atom. The third kappa shape index (κ3) is 4.17. The Hall–Kier alpha value is -2.95. The van der Waals surface area contributed by atoms with Gasteiger partial charge < -0.3 is 10.6 Å². The molecule has 0 aliphatic carbocycles. The molecule has 10 heteroatoms. The molecule has 0 saturated carbocycles.